The maximum atomic E-state index is 13.6. The summed E-state index contributed by atoms with van der Waals surface area (Å²) in [6.45, 7) is 1.68. The first-order valence-corrected chi connectivity index (χ1v) is 9.70. The van der Waals surface area contributed by atoms with E-state index in [4.69, 9.17) is 0 Å². The third-order valence-electron chi connectivity index (χ3n) is 4.75. The van der Waals surface area contributed by atoms with Crippen molar-refractivity contribution in [3.63, 3.8) is 0 Å². The van der Waals surface area contributed by atoms with Crippen molar-refractivity contribution in [1.82, 2.24) is 0 Å². The van der Waals surface area contributed by atoms with Crippen molar-refractivity contribution in [1.29, 1.82) is 0 Å². The minimum absolute atomic E-state index is 0.0359. The molecule has 20 heteroatoms. The van der Waals surface area contributed by atoms with Crippen molar-refractivity contribution in [3.05, 3.63) is 0 Å². The Morgan fingerprint density at radius 2 is 1.03 bits per heavy atom. The monoisotopic (exact) mass is 594 g/mol. The molecule has 0 rings (SSSR count). The fourth-order valence-electron chi connectivity index (χ4n) is 2.44. The molecule has 222 valence electrons. The van der Waals surface area contributed by atoms with Gasteiger partial charge in [-0.2, -0.15) is 74.6 Å². The van der Waals surface area contributed by atoms with Crippen LogP contribution in [0.5, 0.6) is 0 Å². The van der Waals surface area contributed by atoms with Gasteiger partial charge < -0.3 is 4.74 Å². The summed E-state index contributed by atoms with van der Waals surface area (Å²) in [6, 6.07) is 0. The van der Waals surface area contributed by atoms with E-state index in [2.05, 4.69) is 0 Å². The van der Waals surface area contributed by atoms with Crippen molar-refractivity contribution in [2.45, 2.75) is 99.4 Å². The average Bonchev–Trinajstić information content (AvgIpc) is 2.71. The van der Waals surface area contributed by atoms with Crippen molar-refractivity contribution >= 4 is 5.97 Å². The number of ether oxygens (including phenoxy) is 1. The number of rotatable bonds is 14. The van der Waals surface area contributed by atoms with Gasteiger partial charge in [-0.1, -0.05) is 39.0 Å². The molecular formula is C17H16F18O2. The lowest BCUT2D eigenvalue weighted by Crippen LogP contribution is -2.71. The average molecular weight is 594 g/mol. The van der Waals surface area contributed by atoms with E-state index in [0.717, 1.165) is 0 Å². The highest BCUT2D eigenvalue weighted by atomic mass is 19.4. The predicted octanol–water partition coefficient (Wildman–Crippen LogP) is 8.20. The molecule has 0 aromatic rings. The van der Waals surface area contributed by atoms with Crippen LogP contribution in [-0.2, 0) is 9.53 Å². The van der Waals surface area contributed by atoms with Gasteiger partial charge in [-0.05, 0) is 6.42 Å². The van der Waals surface area contributed by atoms with Gasteiger partial charge in [-0.25, -0.2) is 9.18 Å². The zero-order valence-electron chi connectivity index (χ0n) is 17.9. The van der Waals surface area contributed by atoms with Crippen LogP contribution in [0.2, 0.25) is 0 Å². The number of carbonyl (C=O) groups excluding carboxylic acids is 1. The summed E-state index contributed by atoms with van der Waals surface area (Å²) in [5.74, 6) is -52.7. The lowest BCUT2D eigenvalue weighted by atomic mass is 9.94. The summed E-state index contributed by atoms with van der Waals surface area (Å²) in [5, 5.41) is 0. The van der Waals surface area contributed by atoms with Crippen molar-refractivity contribution in [3.8, 4) is 0 Å². The van der Waals surface area contributed by atoms with Crippen molar-refractivity contribution < 1.29 is 88.6 Å². The predicted molar refractivity (Wildman–Crippen MR) is 85.0 cm³/mol. The summed E-state index contributed by atoms with van der Waals surface area (Å²) in [6.07, 6.45) is -19.4. The molecule has 0 bridgehead atoms. The van der Waals surface area contributed by atoms with Crippen LogP contribution < -0.4 is 0 Å². The summed E-state index contributed by atoms with van der Waals surface area (Å²) in [5.41, 5.74) is 0. The minimum Gasteiger partial charge on any atom is -0.391 e. The molecule has 0 fully saturated rings. The molecule has 0 heterocycles. The molecule has 0 N–H and O–H groups in total. The highest BCUT2D eigenvalue weighted by Crippen LogP contribution is 2.60. The Labute approximate surface area is 195 Å². The summed E-state index contributed by atoms with van der Waals surface area (Å²) >= 11 is 0. The molecule has 0 saturated carbocycles. The van der Waals surface area contributed by atoms with E-state index in [1.807, 2.05) is 4.74 Å². The maximum absolute atomic E-state index is 13.6. The molecule has 37 heavy (non-hydrogen) atoms. The smallest absolute Gasteiger partial charge is 0.391 e. The second kappa shape index (κ2) is 10.8. The Kier molecular flexibility index (Phi) is 10.2. The van der Waals surface area contributed by atoms with Crippen LogP contribution in [0.4, 0.5) is 79.0 Å². The van der Waals surface area contributed by atoms with E-state index in [1.165, 1.54) is 0 Å². The first-order chi connectivity index (χ1) is 16.1. The largest absolute Gasteiger partial charge is 0.469 e. The second-order valence-corrected chi connectivity index (χ2v) is 7.57. The van der Waals surface area contributed by atoms with Gasteiger partial charge in [0.05, 0.1) is 0 Å². The molecule has 0 aromatic carbocycles. The van der Waals surface area contributed by atoms with Crippen LogP contribution in [-0.4, -0.2) is 60.0 Å². The minimum atomic E-state index is -8.56. The van der Waals surface area contributed by atoms with Gasteiger partial charge in [0.1, 0.15) is 0 Å². The first-order valence-electron chi connectivity index (χ1n) is 9.70. The lowest BCUT2D eigenvalue weighted by molar-refractivity contribution is -0.438. The van der Waals surface area contributed by atoms with Crippen LogP contribution >= 0.6 is 0 Å². The molecule has 0 aliphatic carbocycles. The second-order valence-electron chi connectivity index (χ2n) is 7.57. The summed E-state index contributed by atoms with van der Waals surface area (Å²) in [4.78, 5) is 11.0. The van der Waals surface area contributed by atoms with Gasteiger partial charge in [0.25, 0.3) is 0 Å². The molecule has 0 aromatic heterocycles. The Bertz CT molecular complexity index is 773. The number of alkyl halides is 18. The molecule has 0 radical (unpaired) electrons. The van der Waals surface area contributed by atoms with E-state index in [9.17, 15) is 83.8 Å². The first kappa shape index (κ1) is 35.2. The quantitative estimate of drug-likeness (QED) is 0.115. The van der Waals surface area contributed by atoms with Gasteiger partial charge in [-0.3, -0.25) is 0 Å². The number of halogens is 18. The van der Waals surface area contributed by atoms with E-state index >= 15 is 0 Å². The normalized spacial score (nSPS) is 16.1. The number of unbranched alkanes of at least 4 members (excludes halogenated alkanes) is 4. The molecule has 0 amide bonds. The molecule has 0 saturated heterocycles. The molecule has 2 nitrogen and oxygen atoms in total. The molecule has 0 aliphatic rings. The number of hydrogen-bond donors (Lipinski definition) is 0. The molecule has 0 aliphatic heterocycles. The third kappa shape index (κ3) is 6.11. The number of hydrogen-bond acceptors (Lipinski definition) is 2. The number of carbonyl (C=O) groups is 1. The zero-order valence-corrected chi connectivity index (χ0v) is 17.9. The zero-order chi connectivity index (χ0) is 30.1. The summed E-state index contributed by atoms with van der Waals surface area (Å²) in [7, 11) is 0. The molecule has 1 atom stereocenters. The molecule has 0 spiro atoms. The van der Waals surface area contributed by atoms with Gasteiger partial charge in [-0.15, -0.1) is 0 Å². The van der Waals surface area contributed by atoms with E-state index < -0.39 is 72.8 Å². The Hall–Kier alpha value is -1.79. The SMILES string of the molecule is CCCCCCCC(F)C(F)(F)C(F)(F)OC(=O)C(F)(F)C(F)(F)C(F)(F)C(F)(F)C(F)(F)C(F)(F)F. The Morgan fingerprint density at radius 1 is 0.622 bits per heavy atom. The van der Waals surface area contributed by atoms with Crippen LogP contribution in [0, 0.1) is 0 Å². The van der Waals surface area contributed by atoms with Crippen LogP contribution in [0.15, 0.2) is 0 Å². The van der Waals surface area contributed by atoms with E-state index in [-0.39, 0.29) is 12.8 Å². The van der Waals surface area contributed by atoms with Gasteiger partial charge in [0.15, 0.2) is 6.17 Å². The topological polar surface area (TPSA) is 26.3 Å². The standard InChI is InChI=1S/C17H16F18O2/c1-2-3-4-5-6-7-8(18)10(19,20)17(34,35)37-9(36)11(21,22)12(23,24)13(25,26)14(27,28)15(29,30)16(31,32)33/h8H,2-7H2,1H3. The van der Waals surface area contributed by atoms with Crippen molar-refractivity contribution in [2.24, 2.45) is 0 Å². The van der Waals surface area contributed by atoms with Crippen LogP contribution in [0.25, 0.3) is 0 Å². The maximum Gasteiger partial charge on any atom is 0.469 e. The van der Waals surface area contributed by atoms with Crippen LogP contribution in [0.3, 0.4) is 0 Å². The molecular weight excluding hydrogens is 578 g/mol. The highest BCUT2D eigenvalue weighted by molar-refractivity contribution is 5.79. The molecule has 1 unspecified atom stereocenters. The summed E-state index contributed by atoms with van der Waals surface area (Å²) < 4.78 is 238. The van der Waals surface area contributed by atoms with Gasteiger partial charge in [0, 0.05) is 0 Å². The highest BCUT2D eigenvalue weighted by Gasteiger charge is 2.92. The Morgan fingerprint density at radius 3 is 1.43 bits per heavy atom. The van der Waals surface area contributed by atoms with Gasteiger partial charge in [0.2, 0.25) is 0 Å². The van der Waals surface area contributed by atoms with Crippen molar-refractivity contribution in [2.75, 3.05) is 0 Å². The number of esters is 1. The fourth-order valence-corrected chi connectivity index (χ4v) is 2.44. The van der Waals surface area contributed by atoms with E-state index in [1.54, 1.807) is 6.92 Å². The van der Waals surface area contributed by atoms with Crippen LogP contribution in [0.1, 0.15) is 45.4 Å². The lowest BCUT2D eigenvalue weighted by Gasteiger charge is -2.39. The van der Waals surface area contributed by atoms with E-state index in [0.29, 0.717) is 12.8 Å². The third-order valence-corrected chi connectivity index (χ3v) is 4.75. The van der Waals surface area contributed by atoms with Gasteiger partial charge >= 0.3 is 53.8 Å². The Balaban J connectivity index is 6.04. The fraction of sp³-hybridized carbons (Fsp3) is 0.941.